The van der Waals surface area contributed by atoms with Gasteiger partial charge in [0.25, 0.3) is 0 Å². The summed E-state index contributed by atoms with van der Waals surface area (Å²) in [4.78, 5) is 19.8. The molecule has 1 unspecified atom stereocenters. The van der Waals surface area contributed by atoms with Gasteiger partial charge in [0.05, 0.1) is 6.54 Å². The van der Waals surface area contributed by atoms with Crippen LogP contribution >= 0.6 is 11.3 Å². The van der Waals surface area contributed by atoms with Gasteiger partial charge in [-0.25, -0.2) is 9.78 Å². The van der Waals surface area contributed by atoms with Gasteiger partial charge in [-0.3, -0.25) is 0 Å². The molecular formula is C18H23N3OS. The van der Waals surface area contributed by atoms with Crippen molar-refractivity contribution >= 4 is 17.4 Å². The number of nitrogens with zero attached hydrogens (tertiary/aromatic N) is 2. The van der Waals surface area contributed by atoms with Crippen LogP contribution in [0.2, 0.25) is 0 Å². The van der Waals surface area contributed by atoms with Crippen molar-refractivity contribution in [3.63, 3.8) is 0 Å². The number of hydrogen-bond donors (Lipinski definition) is 1. The SMILES string of the molecule is CCc1cnc(CNC(=O)N2CCC(Cc3ccccc3)C2)s1. The summed E-state index contributed by atoms with van der Waals surface area (Å²) in [5.74, 6) is 0.565. The molecule has 1 atom stereocenters. The van der Waals surface area contributed by atoms with Gasteiger partial charge in [-0.15, -0.1) is 11.3 Å². The molecular weight excluding hydrogens is 306 g/mol. The number of urea groups is 1. The lowest BCUT2D eigenvalue weighted by Crippen LogP contribution is -2.38. The first-order chi connectivity index (χ1) is 11.2. The van der Waals surface area contributed by atoms with Crippen molar-refractivity contribution in [1.82, 2.24) is 15.2 Å². The van der Waals surface area contributed by atoms with Gasteiger partial charge < -0.3 is 10.2 Å². The van der Waals surface area contributed by atoms with Crippen LogP contribution < -0.4 is 5.32 Å². The third kappa shape index (κ3) is 4.32. The highest BCUT2D eigenvalue weighted by atomic mass is 32.1. The van der Waals surface area contributed by atoms with E-state index in [1.54, 1.807) is 11.3 Å². The maximum Gasteiger partial charge on any atom is 0.317 e. The summed E-state index contributed by atoms with van der Waals surface area (Å²) in [7, 11) is 0. The maximum atomic E-state index is 12.3. The maximum absolute atomic E-state index is 12.3. The molecule has 2 aromatic rings. The van der Waals surface area contributed by atoms with Crippen LogP contribution in [0.5, 0.6) is 0 Å². The predicted molar refractivity (Wildman–Crippen MR) is 93.6 cm³/mol. The molecule has 23 heavy (non-hydrogen) atoms. The molecule has 0 aliphatic carbocycles. The average Bonchev–Trinajstić information content (AvgIpc) is 3.23. The molecule has 0 bridgehead atoms. The van der Waals surface area contributed by atoms with Gasteiger partial charge in [0.2, 0.25) is 0 Å². The van der Waals surface area contributed by atoms with E-state index < -0.39 is 0 Å². The number of carbonyl (C=O) groups is 1. The predicted octanol–water partition coefficient (Wildman–Crippen LogP) is 3.48. The molecule has 3 rings (SSSR count). The van der Waals surface area contributed by atoms with Crippen molar-refractivity contribution in [2.75, 3.05) is 13.1 Å². The van der Waals surface area contributed by atoms with E-state index in [4.69, 9.17) is 0 Å². The van der Waals surface area contributed by atoms with E-state index in [2.05, 4.69) is 41.5 Å². The third-order valence-electron chi connectivity index (χ3n) is 4.28. The fourth-order valence-electron chi connectivity index (χ4n) is 2.99. The Bertz CT molecular complexity index is 641. The van der Waals surface area contributed by atoms with Gasteiger partial charge in [0.1, 0.15) is 5.01 Å². The summed E-state index contributed by atoms with van der Waals surface area (Å²) in [5, 5.41) is 3.98. The highest BCUT2D eigenvalue weighted by Gasteiger charge is 2.26. The minimum Gasteiger partial charge on any atom is -0.331 e. The second-order valence-corrected chi connectivity index (χ2v) is 7.22. The zero-order valence-corrected chi connectivity index (χ0v) is 14.3. The van der Waals surface area contributed by atoms with Gasteiger partial charge in [0, 0.05) is 24.2 Å². The Hall–Kier alpha value is -1.88. The summed E-state index contributed by atoms with van der Waals surface area (Å²) in [6, 6.07) is 10.6. The van der Waals surface area contributed by atoms with E-state index in [1.165, 1.54) is 10.4 Å². The monoisotopic (exact) mass is 329 g/mol. The minimum absolute atomic E-state index is 0.0359. The van der Waals surface area contributed by atoms with Crippen LogP contribution in [0.15, 0.2) is 36.5 Å². The van der Waals surface area contributed by atoms with Crippen LogP contribution in [0, 0.1) is 5.92 Å². The second-order valence-electron chi connectivity index (χ2n) is 6.02. The number of aromatic nitrogens is 1. The van der Waals surface area contributed by atoms with E-state index in [0.717, 1.165) is 37.4 Å². The molecule has 1 aromatic carbocycles. The molecule has 0 spiro atoms. The van der Waals surface area contributed by atoms with Gasteiger partial charge in [-0.1, -0.05) is 37.3 Å². The quantitative estimate of drug-likeness (QED) is 0.913. The van der Waals surface area contributed by atoms with E-state index in [1.807, 2.05) is 17.2 Å². The summed E-state index contributed by atoms with van der Waals surface area (Å²) < 4.78 is 0. The first kappa shape index (κ1) is 16.0. The highest BCUT2D eigenvalue weighted by Crippen LogP contribution is 2.21. The fraction of sp³-hybridized carbons (Fsp3) is 0.444. The number of hydrogen-bond acceptors (Lipinski definition) is 3. The smallest absolute Gasteiger partial charge is 0.317 e. The first-order valence-corrected chi connectivity index (χ1v) is 9.06. The van der Waals surface area contributed by atoms with Crippen LogP contribution in [0.25, 0.3) is 0 Å². The molecule has 1 fully saturated rings. The third-order valence-corrected chi connectivity index (χ3v) is 5.42. The lowest BCUT2D eigenvalue weighted by molar-refractivity contribution is 0.206. The van der Waals surface area contributed by atoms with Gasteiger partial charge >= 0.3 is 6.03 Å². The number of likely N-dealkylation sites (tertiary alicyclic amines) is 1. The molecule has 1 aromatic heterocycles. The number of rotatable bonds is 5. The zero-order chi connectivity index (χ0) is 16.1. The molecule has 5 heteroatoms. The lowest BCUT2D eigenvalue weighted by atomic mass is 9.99. The molecule has 1 aliphatic rings. The number of aryl methyl sites for hydroxylation is 1. The number of thiazole rings is 1. The molecule has 0 saturated carbocycles. The number of benzene rings is 1. The van der Waals surface area contributed by atoms with Crippen molar-refractivity contribution in [3.8, 4) is 0 Å². The Kier molecular flexibility index (Phi) is 5.28. The van der Waals surface area contributed by atoms with E-state index >= 15 is 0 Å². The van der Waals surface area contributed by atoms with Crippen molar-refractivity contribution < 1.29 is 4.79 Å². The second kappa shape index (κ2) is 7.59. The minimum atomic E-state index is 0.0359. The number of nitrogens with one attached hydrogen (secondary N) is 1. The molecule has 2 heterocycles. The normalized spacial score (nSPS) is 17.4. The summed E-state index contributed by atoms with van der Waals surface area (Å²) in [5.41, 5.74) is 1.36. The van der Waals surface area contributed by atoms with Crippen molar-refractivity contribution in [2.24, 2.45) is 5.92 Å². The Balaban J connectivity index is 1.45. The first-order valence-electron chi connectivity index (χ1n) is 8.25. The Morgan fingerprint density at radius 1 is 1.39 bits per heavy atom. The summed E-state index contributed by atoms with van der Waals surface area (Å²) in [6.45, 7) is 4.34. The van der Waals surface area contributed by atoms with Gasteiger partial charge in [-0.05, 0) is 30.7 Å². The van der Waals surface area contributed by atoms with Gasteiger partial charge in [-0.2, -0.15) is 0 Å². The Labute approximate surface area is 141 Å². The summed E-state index contributed by atoms with van der Waals surface area (Å²) >= 11 is 1.68. The average molecular weight is 329 g/mol. The standard InChI is InChI=1S/C18H23N3OS/c1-2-16-11-19-17(23-16)12-20-18(22)21-9-8-15(13-21)10-14-6-4-3-5-7-14/h3-7,11,15H,2,8-10,12-13H2,1H3,(H,20,22). The molecule has 122 valence electrons. The van der Waals surface area contributed by atoms with E-state index in [0.29, 0.717) is 12.5 Å². The molecule has 2 amide bonds. The molecule has 0 radical (unpaired) electrons. The number of carbonyl (C=O) groups excluding carboxylic acids is 1. The summed E-state index contributed by atoms with van der Waals surface area (Å²) in [6.07, 6.45) is 5.04. The van der Waals surface area contributed by atoms with Crippen LogP contribution in [0.4, 0.5) is 4.79 Å². The van der Waals surface area contributed by atoms with Crippen LogP contribution in [-0.2, 0) is 19.4 Å². The largest absolute Gasteiger partial charge is 0.331 e. The highest BCUT2D eigenvalue weighted by molar-refractivity contribution is 7.11. The van der Waals surface area contributed by atoms with Crippen LogP contribution in [0.1, 0.15) is 28.8 Å². The van der Waals surface area contributed by atoms with E-state index in [9.17, 15) is 4.79 Å². The van der Waals surface area contributed by atoms with Crippen molar-refractivity contribution in [2.45, 2.75) is 32.7 Å². The van der Waals surface area contributed by atoms with Gasteiger partial charge in [0.15, 0.2) is 0 Å². The molecule has 1 saturated heterocycles. The number of amides is 2. The van der Waals surface area contributed by atoms with E-state index in [-0.39, 0.29) is 6.03 Å². The van der Waals surface area contributed by atoms with Crippen molar-refractivity contribution in [3.05, 3.63) is 52.0 Å². The Morgan fingerprint density at radius 2 is 2.22 bits per heavy atom. The van der Waals surface area contributed by atoms with Crippen LogP contribution in [0.3, 0.4) is 0 Å². The molecule has 1 aliphatic heterocycles. The zero-order valence-electron chi connectivity index (χ0n) is 13.5. The van der Waals surface area contributed by atoms with Crippen molar-refractivity contribution in [1.29, 1.82) is 0 Å². The fourth-order valence-corrected chi connectivity index (χ4v) is 3.79. The molecule has 1 N–H and O–H groups in total. The molecule has 4 nitrogen and oxygen atoms in total. The Morgan fingerprint density at radius 3 is 2.96 bits per heavy atom. The van der Waals surface area contributed by atoms with Crippen LogP contribution in [-0.4, -0.2) is 29.0 Å². The topological polar surface area (TPSA) is 45.2 Å². The lowest BCUT2D eigenvalue weighted by Gasteiger charge is -2.17.